The fraction of sp³-hybridized carbons (Fsp3) is 0.871. The quantitative estimate of drug-likeness (QED) is 0.249. The summed E-state index contributed by atoms with van der Waals surface area (Å²) in [4.78, 5) is 56.2. The average molecular weight is 692 g/mol. The van der Waals surface area contributed by atoms with E-state index in [0.29, 0.717) is 6.42 Å². The molecule has 1 amide bonds. The summed E-state index contributed by atoms with van der Waals surface area (Å²) in [6, 6.07) is -1.09. The Hall–Kier alpha value is -1.64. The van der Waals surface area contributed by atoms with Crippen molar-refractivity contribution in [2.75, 3.05) is 20.7 Å². The van der Waals surface area contributed by atoms with Crippen molar-refractivity contribution >= 4 is 39.6 Å². The molecule has 0 aromatic carbocycles. The van der Waals surface area contributed by atoms with Crippen LogP contribution in [0.25, 0.3) is 0 Å². The second-order valence-electron chi connectivity index (χ2n) is 13.6. The number of ether oxygens (including phenoxy) is 5. The predicted molar refractivity (Wildman–Crippen MR) is 164 cm³/mol. The topological polar surface area (TPSA) is 150 Å². The molecule has 13 heteroatoms. The van der Waals surface area contributed by atoms with Gasteiger partial charge in [-0.3, -0.25) is 14.4 Å². The van der Waals surface area contributed by atoms with Crippen LogP contribution in [0, 0.1) is 17.8 Å². The summed E-state index contributed by atoms with van der Waals surface area (Å²) < 4.78 is 28.5. The van der Waals surface area contributed by atoms with Gasteiger partial charge in [-0.2, -0.15) is 0 Å². The number of halogens is 1. The van der Waals surface area contributed by atoms with Crippen LogP contribution in [0.5, 0.6) is 0 Å². The van der Waals surface area contributed by atoms with Crippen molar-refractivity contribution in [3.8, 4) is 0 Å². The van der Waals surface area contributed by atoms with E-state index in [-0.39, 0.29) is 31.0 Å². The number of carbonyl (C=O) groups is 4. The Morgan fingerprint density at radius 3 is 2.23 bits per heavy atom. The zero-order chi connectivity index (χ0) is 33.5. The number of aliphatic hydroxyl groups is 1. The highest BCUT2D eigenvalue weighted by molar-refractivity contribution is 9.10. The lowest BCUT2D eigenvalue weighted by atomic mass is 9.74. The average Bonchev–Trinajstić information content (AvgIpc) is 3.25. The highest BCUT2D eigenvalue weighted by Gasteiger charge is 2.58. The molecule has 2 N–H and O–H groups in total. The van der Waals surface area contributed by atoms with E-state index in [1.165, 1.54) is 6.92 Å². The highest BCUT2D eigenvalue weighted by atomic mass is 79.9. The minimum Gasteiger partial charge on any atom is -0.457 e. The third kappa shape index (κ3) is 7.02. The number of nitrogens with one attached hydrogen (secondary N) is 1. The molecule has 3 fully saturated rings. The van der Waals surface area contributed by atoms with E-state index in [4.69, 9.17) is 23.7 Å². The zero-order valence-electron chi connectivity index (χ0n) is 27.8. The summed E-state index contributed by atoms with van der Waals surface area (Å²) in [5.41, 5.74) is -2.63. The minimum atomic E-state index is -1.82. The number of alkyl carbamates (subject to hydrolysis) is 1. The normalized spacial score (nSPS) is 46.1. The van der Waals surface area contributed by atoms with Gasteiger partial charge in [-0.1, -0.05) is 36.7 Å². The molecule has 3 heterocycles. The Morgan fingerprint density at radius 1 is 1.05 bits per heavy atom. The number of esters is 1. The van der Waals surface area contributed by atoms with Gasteiger partial charge in [0.25, 0.3) is 0 Å². The molecule has 0 saturated carbocycles. The maximum Gasteiger partial charge on any atom is 0.408 e. The molecule has 0 spiro atoms. The van der Waals surface area contributed by atoms with Crippen LogP contribution in [0.1, 0.15) is 75.2 Å². The van der Waals surface area contributed by atoms with Crippen LogP contribution < -0.4 is 5.32 Å². The summed E-state index contributed by atoms with van der Waals surface area (Å²) in [5, 5.41) is 14.0. The molecule has 3 rings (SSSR count). The number of aliphatic hydroxyl groups excluding tert-OH is 1. The van der Waals surface area contributed by atoms with Crippen molar-refractivity contribution in [3.63, 3.8) is 0 Å². The van der Waals surface area contributed by atoms with Crippen molar-refractivity contribution < 1.29 is 48.0 Å². The second kappa shape index (κ2) is 13.6. The van der Waals surface area contributed by atoms with Gasteiger partial charge in [0.1, 0.15) is 18.0 Å². The third-order valence-electron chi connectivity index (χ3n) is 9.79. The lowest BCUT2D eigenvalue weighted by Gasteiger charge is -2.47. The van der Waals surface area contributed by atoms with Gasteiger partial charge in [0.2, 0.25) is 0 Å². The van der Waals surface area contributed by atoms with Crippen LogP contribution in [-0.4, -0.2) is 113 Å². The Bertz CT molecular complexity index is 1100. The van der Waals surface area contributed by atoms with Crippen molar-refractivity contribution in [3.05, 3.63) is 0 Å². The summed E-state index contributed by atoms with van der Waals surface area (Å²) in [7, 11) is 3.72. The molecule has 3 aliphatic heterocycles. The summed E-state index contributed by atoms with van der Waals surface area (Å²) >= 11 is 3.35. The van der Waals surface area contributed by atoms with E-state index in [2.05, 4.69) is 21.2 Å². The van der Waals surface area contributed by atoms with Crippen LogP contribution in [0.4, 0.5) is 4.79 Å². The summed E-state index contributed by atoms with van der Waals surface area (Å²) in [5.74, 6) is -3.95. The number of rotatable bonds is 5. The number of alkyl halides is 1. The Balaban J connectivity index is 2.14. The first-order valence-corrected chi connectivity index (χ1v) is 16.3. The lowest BCUT2D eigenvalue weighted by molar-refractivity contribution is -0.297. The standard InChI is InChI=1S/C31H51BrN2O10/c1-12-40-29(7)14-15(2)21(35)17(4)23-31(9,44-28(39)33-23)19(6)42-27(38)30(8,32)24(37)18(5)25(29)43-26-22(36)20(34(10)11)13-16(3)41-26/h15-20,22-23,25-26,36H,12-14H2,1-11H3,(H,33,39)/t15-,16-,17+,18+,19-,20+,22-,23-,25-,26+,29+,30+,31-/m1/s1. The molecule has 13 atom stereocenters. The van der Waals surface area contributed by atoms with Crippen molar-refractivity contribution in [2.45, 2.75) is 133 Å². The van der Waals surface area contributed by atoms with E-state index >= 15 is 0 Å². The SMILES string of the molecule is CCO[C@@]1(C)C[C@@H](C)C(=O)[C@H](C)[C@H]2NC(=O)O[C@]2(C)[C@@H](C)OC(=O)[C@@](C)(Br)C(=O)[C@H](C)[C@H]1O[C@@H]1O[C@H](C)C[C@H](N(C)C)[C@H]1O. The molecule has 0 aliphatic carbocycles. The monoisotopic (exact) mass is 690 g/mol. The largest absolute Gasteiger partial charge is 0.457 e. The molecule has 3 aliphatic rings. The number of Topliss-reactive ketones (excluding diaryl/α,β-unsaturated/α-hetero) is 2. The van der Waals surface area contributed by atoms with Gasteiger partial charge in [0.15, 0.2) is 22.0 Å². The maximum atomic E-state index is 14.2. The zero-order valence-corrected chi connectivity index (χ0v) is 29.4. The van der Waals surface area contributed by atoms with Gasteiger partial charge < -0.3 is 39.0 Å². The molecule has 252 valence electrons. The lowest BCUT2D eigenvalue weighted by Crippen LogP contribution is -2.61. The van der Waals surface area contributed by atoms with Gasteiger partial charge in [0, 0.05) is 30.4 Å². The first-order valence-electron chi connectivity index (χ1n) is 15.5. The molecule has 0 bridgehead atoms. The molecule has 0 aromatic heterocycles. The highest BCUT2D eigenvalue weighted by Crippen LogP contribution is 2.41. The van der Waals surface area contributed by atoms with E-state index < -0.39 is 81.8 Å². The second-order valence-corrected chi connectivity index (χ2v) is 15.2. The number of cyclic esters (lactones) is 1. The Kier molecular flexibility index (Phi) is 11.4. The van der Waals surface area contributed by atoms with Gasteiger partial charge in [-0.25, -0.2) is 4.79 Å². The van der Waals surface area contributed by atoms with E-state index in [1.807, 2.05) is 25.9 Å². The van der Waals surface area contributed by atoms with E-state index in [1.54, 1.807) is 48.5 Å². The smallest absolute Gasteiger partial charge is 0.408 e. The number of carbonyl (C=O) groups excluding carboxylic acids is 4. The Morgan fingerprint density at radius 2 is 1.66 bits per heavy atom. The molecule has 44 heavy (non-hydrogen) atoms. The van der Waals surface area contributed by atoms with Crippen LogP contribution in [0.2, 0.25) is 0 Å². The third-order valence-corrected chi connectivity index (χ3v) is 10.5. The number of hydrogen-bond donors (Lipinski definition) is 2. The number of amides is 1. The van der Waals surface area contributed by atoms with Crippen molar-refractivity contribution in [1.29, 1.82) is 0 Å². The number of ketones is 2. The van der Waals surface area contributed by atoms with Crippen LogP contribution in [0.15, 0.2) is 0 Å². The first-order chi connectivity index (χ1) is 20.2. The number of fused-ring (bicyclic) bond motifs is 1. The van der Waals surface area contributed by atoms with Crippen LogP contribution in [0.3, 0.4) is 0 Å². The fourth-order valence-electron chi connectivity index (χ4n) is 7.07. The van der Waals surface area contributed by atoms with Crippen molar-refractivity contribution in [1.82, 2.24) is 10.2 Å². The molecule has 3 saturated heterocycles. The summed E-state index contributed by atoms with van der Waals surface area (Å²) in [6.07, 6.45) is -4.51. The molecule has 0 aromatic rings. The van der Waals surface area contributed by atoms with Gasteiger partial charge >= 0.3 is 12.1 Å². The van der Waals surface area contributed by atoms with Gasteiger partial charge in [-0.15, -0.1) is 0 Å². The number of likely N-dealkylation sites (N-methyl/N-ethyl adjacent to an activating group) is 1. The fourth-order valence-corrected chi connectivity index (χ4v) is 7.53. The molecular formula is C31H51BrN2O10. The van der Waals surface area contributed by atoms with Gasteiger partial charge in [0.05, 0.1) is 23.9 Å². The summed E-state index contributed by atoms with van der Waals surface area (Å²) in [6.45, 7) is 15.4. The molecule has 0 unspecified atom stereocenters. The molecule has 0 radical (unpaired) electrons. The van der Waals surface area contributed by atoms with Gasteiger partial charge in [-0.05, 0) is 68.5 Å². The Labute approximate surface area is 269 Å². The molecular weight excluding hydrogens is 640 g/mol. The first kappa shape index (κ1) is 36.8. The van der Waals surface area contributed by atoms with Crippen LogP contribution in [-0.2, 0) is 38.1 Å². The van der Waals surface area contributed by atoms with Crippen molar-refractivity contribution in [2.24, 2.45) is 17.8 Å². The minimum absolute atomic E-state index is 0.138. The van der Waals surface area contributed by atoms with E-state index in [9.17, 15) is 24.3 Å². The van der Waals surface area contributed by atoms with Crippen LogP contribution >= 0.6 is 15.9 Å². The predicted octanol–water partition coefficient (Wildman–Crippen LogP) is 3.00. The number of nitrogens with zero attached hydrogens (tertiary/aromatic N) is 1. The number of hydrogen-bond acceptors (Lipinski definition) is 11. The maximum absolute atomic E-state index is 14.2. The van der Waals surface area contributed by atoms with E-state index in [0.717, 1.165) is 0 Å². The molecule has 12 nitrogen and oxygen atoms in total.